The molecule has 0 spiro atoms. The van der Waals surface area contributed by atoms with Crippen molar-refractivity contribution in [3.8, 4) is 11.4 Å². The lowest BCUT2D eigenvalue weighted by Gasteiger charge is -2.04. The zero-order valence-corrected chi connectivity index (χ0v) is 10.8. The van der Waals surface area contributed by atoms with Crippen LogP contribution in [0.3, 0.4) is 0 Å². The van der Waals surface area contributed by atoms with Crippen molar-refractivity contribution in [1.29, 1.82) is 0 Å². The molecule has 0 aromatic carbocycles. The van der Waals surface area contributed by atoms with Gasteiger partial charge in [-0.15, -0.1) is 6.58 Å². The molecule has 5 nitrogen and oxygen atoms in total. The summed E-state index contributed by atoms with van der Waals surface area (Å²) in [5.41, 5.74) is 3.03. The van der Waals surface area contributed by atoms with Gasteiger partial charge in [0.15, 0.2) is 0 Å². The topological polar surface area (TPSA) is 55.4 Å². The summed E-state index contributed by atoms with van der Waals surface area (Å²) < 4.78 is 1.86. The summed E-state index contributed by atoms with van der Waals surface area (Å²) in [6.45, 7) is 7.80. The van der Waals surface area contributed by atoms with Crippen LogP contribution in [-0.2, 0) is 7.05 Å². The molecule has 0 atom stereocenters. The third kappa shape index (κ3) is 2.82. The van der Waals surface area contributed by atoms with Crippen molar-refractivity contribution in [3.05, 3.63) is 43.0 Å². The van der Waals surface area contributed by atoms with Gasteiger partial charge in [-0.2, -0.15) is 0 Å². The highest BCUT2D eigenvalue weighted by Gasteiger charge is 2.11. The first-order chi connectivity index (χ1) is 9.26. The predicted octanol–water partition coefficient (Wildman–Crippen LogP) is 2.42. The molecule has 0 radical (unpaired) electrons. The Morgan fingerprint density at radius 2 is 2.26 bits per heavy atom. The lowest BCUT2D eigenvalue weighted by Crippen LogP contribution is -1.91. The van der Waals surface area contributed by atoms with Gasteiger partial charge in [0.2, 0.25) is 0 Å². The van der Waals surface area contributed by atoms with Gasteiger partial charge in [0, 0.05) is 31.2 Å². The fourth-order valence-electron chi connectivity index (χ4n) is 1.69. The van der Waals surface area contributed by atoms with Crippen molar-refractivity contribution in [1.82, 2.24) is 14.5 Å². The van der Waals surface area contributed by atoms with Gasteiger partial charge in [0.1, 0.15) is 11.4 Å². The van der Waals surface area contributed by atoms with Crippen molar-refractivity contribution >= 4 is 18.6 Å². The molecule has 2 rings (SSSR count). The van der Waals surface area contributed by atoms with E-state index in [4.69, 9.17) is 0 Å². The van der Waals surface area contributed by atoms with E-state index in [1.54, 1.807) is 24.8 Å². The minimum absolute atomic E-state index is 0.567. The standard InChI is InChI=1S/C14H15N5/c1-4-6-16-8-11-5-7-17-14(13(11)15-2)12-9-19(3)10-18-12/h4-5,7-10H,1-2,6H2,3H3. The first kappa shape index (κ1) is 12.9. The molecule has 2 aromatic heterocycles. The second-order valence-electron chi connectivity index (χ2n) is 3.96. The second kappa shape index (κ2) is 5.86. The van der Waals surface area contributed by atoms with E-state index >= 15 is 0 Å². The van der Waals surface area contributed by atoms with Crippen LogP contribution in [0.2, 0.25) is 0 Å². The Balaban J connectivity index is 2.47. The SMILES string of the molecule is C=CCN=Cc1ccnc(-c2cn(C)cn2)c1N=C. The highest BCUT2D eigenvalue weighted by atomic mass is 15.0. The molecule has 0 aliphatic rings. The largest absolute Gasteiger partial charge is 0.340 e. The molecule has 0 bridgehead atoms. The summed E-state index contributed by atoms with van der Waals surface area (Å²) in [7, 11) is 1.91. The van der Waals surface area contributed by atoms with Crippen molar-refractivity contribution in [2.75, 3.05) is 6.54 Å². The molecule has 0 amide bonds. The number of hydrogen-bond acceptors (Lipinski definition) is 4. The number of hydrogen-bond donors (Lipinski definition) is 0. The van der Waals surface area contributed by atoms with Gasteiger partial charge in [-0.05, 0) is 12.8 Å². The van der Waals surface area contributed by atoms with Gasteiger partial charge in [-0.25, -0.2) is 4.98 Å². The first-order valence-electron chi connectivity index (χ1n) is 5.81. The lowest BCUT2D eigenvalue weighted by atomic mass is 10.1. The van der Waals surface area contributed by atoms with Crippen molar-refractivity contribution in [2.24, 2.45) is 17.0 Å². The van der Waals surface area contributed by atoms with Crippen LogP contribution in [0.25, 0.3) is 11.4 Å². The number of rotatable bonds is 5. The van der Waals surface area contributed by atoms with E-state index in [0.717, 1.165) is 11.3 Å². The summed E-state index contributed by atoms with van der Waals surface area (Å²) in [4.78, 5) is 16.9. The fourth-order valence-corrected chi connectivity index (χ4v) is 1.69. The molecule has 0 aliphatic carbocycles. The molecule has 96 valence electrons. The zero-order valence-electron chi connectivity index (χ0n) is 10.8. The van der Waals surface area contributed by atoms with Crippen LogP contribution in [0.5, 0.6) is 0 Å². The Hall–Kier alpha value is -2.56. The van der Waals surface area contributed by atoms with Gasteiger partial charge < -0.3 is 4.57 Å². The number of aryl methyl sites for hydroxylation is 1. The van der Waals surface area contributed by atoms with E-state index in [1.807, 2.05) is 23.9 Å². The quantitative estimate of drug-likeness (QED) is 0.607. The molecule has 0 fully saturated rings. The second-order valence-corrected chi connectivity index (χ2v) is 3.96. The predicted molar refractivity (Wildman–Crippen MR) is 78.3 cm³/mol. The Morgan fingerprint density at radius 3 is 2.89 bits per heavy atom. The smallest absolute Gasteiger partial charge is 0.116 e. The molecular weight excluding hydrogens is 238 g/mol. The number of imidazole rings is 1. The van der Waals surface area contributed by atoms with Crippen LogP contribution in [0.1, 0.15) is 5.56 Å². The van der Waals surface area contributed by atoms with Crippen LogP contribution in [-0.4, -0.2) is 34.0 Å². The summed E-state index contributed by atoms with van der Waals surface area (Å²) in [5, 5.41) is 0. The highest BCUT2D eigenvalue weighted by molar-refractivity contribution is 5.91. The molecule has 0 unspecified atom stereocenters. The van der Waals surface area contributed by atoms with Gasteiger partial charge in [-0.1, -0.05) is 6.08 Å². The summed E-state index contributed by atoms with van der Waals surface area (Å²) in [6, 6.07) is 1.85. The average molecular weight is 253 g/mol. The molecule has 2 aromatic rings. The monoisotopic (exact) mass is 253 g/mol. The van der Waals surface area contributed by atoms with Crippen molar-refractivity contribution in [2.45, 2.75) is 0 Å². The lowest BCUT2D eigenvalue weighted by molar-refractivity contribution is 0.913. The Kier molecular flexibility index (Phi) is 3.97. The van der Waals surface area contributed by atoms with Gasteiger partial charge in [-0.3, -0.25) is 15.0 Å². The summed E-state index contributed by atoms with van der Waals surface area (Å²) in [5.74, 6) is 0. The van der Waals surface area contributed by atoms with E-state index in [2.05, 4.69) is 33.2 Å². The maximum absolute atomic E-state index is 4.33. The maximum Gasteiger partial charge on any atom is 0.116 e. The van der Waals surface area contributed by atoms with Crippen LogP contribution in [0.15, 0.2) is 47.4 Å². The van der Waals surface area contributed by atoms with Gasteiger partial charge in [0.25, 0.3) is 0 Å². The first-order valence-corrected chi connectivity index (χ1v) is 5.81. The van der Waals surface area contributed by atoms with Crippen molar-refractivity contribution < 1.29 is 0 Å². The highest BCUT2D eigenvalue weighted by Crippen LogP contribution is 2.28. The van der Waals surface area contributed by atoms with Gasteiger partial charge in [0.05, 0.1) is 18.6 Å². The normalized spacial score (nSPS) is 10.8. The minimum Gasteiger partial charge on any atom is -0.340 e. The minimum atomic E-state index is 0.567. The summed E-state index contributed by atoms with van der Waals surface area (Å²) >= 11 is 0. The van der Waals surface area contributed by atoms with Gasteiger partial charge >= 0.3 is 0 Å². The molecule has 2 heterocycles. The molecule has 19 heavy (non-hydrogen) atoms. The van der Waals surface area contributed by atoms with Crippen molar-refractivity contribution in [3.63, 3.8) is 0 Å². The number of aromatic nitrogens is 3. The Labute approximate surface area is 112 Å². The van der Waals surface area contributed by atoms with E-state index in [0.29, 0.717) is 17.9 Å². The zero-order chi connectivity index (χ0) is 13.7. The van der Waals surface area contributed by atoms with Crippen LogP contribution in [0, 0.1) is 0 Å². The number of aliphatic imine (C=N–C) groups is 2. The number of nitrogens with zero attached hydrogens (tertiary/aromatic N) is 5. The Bertz CT molecular complexity index is 625. The summed E-state index contributed by atoms with van der Waals surface area (Å²) in [6.07, 6.45) is 8.82. The average Bonchev–Trinajstić information content (AvgIpc) is 2.85. The van der Waals surface area contributed by atoms with Crippen LogP contribution < -0.4 is 0 Å². The molecule has 5 heteroatoms. The molecule has 0 N–H and O–H groups in total. The molecule has 0 saturated heterocycles. The number of pyridine rings is 1. The molecular formula is C14H15N5. The Morgan fingerprint density at radius 1 is 1.42 bits per heavy atom. The van der Waals surface area contributed by atoms with E-state index < -0.39 is 0 Å². The van der Waals surface area contributed by atoms with Crippen LogP contribution >= 0.6 is 0 Å². The van der Waals surface area contributed by atoms with E-state index in [1.165, 1.54) is 0 Å². The third-order valence-corrected chi connectivity index (χ3v) is 2.53. The molecule has 0 saturated carbocycles. The van der Waals surface area contributed by atoms with E-state index in [-0.39, 0.29) is 0 Å². The fraction of sp³-hybridized carbons (Fsp3) is 0.143. The van der Waals surface area contributed by atoms with Crippen LogP contribution in [0.4, 0.5) is 5.69 Å². The molecule has 0 aliphatic heterocycles. The third-order valence-electron chi connectivity index (χ3n) is 2.53. The van der Waals surface area contributed by atoms with E-state index in [9.17, 15) is 0 Å². The maximum atomic E-state index is 4.33.